The van der Waals surface area contributed by atoms with Crippen LogP contribution in [0.3, 0.4) is 0 Å². The van der Waals surface area contributed by atoms with Crippen LogP contribution in [0.4, 0.5) is 5.69 Å². The monoisotopic (exact) mass is 386 g/mol. The second-order valence-electron chi connectivity index (χ2n) is 6.62. The number of nitro benzene ring substituents is 1. The quantitative estimate of drug-likeness (QED) is 0.279. The first-order valence-corrected chi connectivity index (χ1v) is 9.07. The molecule has 6 heteroatoms. The molecule has 29 heavy (non-hydrogen) atoms. The van der Waals surface area contributed by atoms with E-state index in [4.69, 9.17) is 4.74 Å². The zero-order chi connectivity index (χ0) is 20.4. The summed E-state index contributed by atoms with van der Waals surface area (Å²) in [5, 5.41) is 12.7. The van der Waals surface area contributed by atoms with Gasteiger partial charge in [-0.25, -0.2) is 0 Å². The summed E-state index contributed by atoms with van der Waals surface area (Å²) in [4.78, 5) is 23.9. The van der Waals surface area contributed by atoms with Gasteiger partial charge in [-0.2, -0.15) is 0 Å². The van der Waals surface area contributed by atoms with Crippen molar-refractivity contribution >= 4 is 22.6 Å². The topological polar surface area (TPSA) is 74.4 Å². The van der Waals surface area contributed by atoms with Crippen LogP contribution in [0.25, 0.3) is 16.6 Å². The van der Waals surface area contributed by atoms with E-state index in [1.165, 1.54) is 13.2 Å². The maximum Gasteiger partial charge on any atom is 0.317 e. The van der Waals surface area contributed by atoms with Crippen molar-refractivity contribution in [3.05, 3.63) is 106 Å². The van der Waals surface area contributed by atoms with Crippen LogP contribution in [-0.4, -0.2) is 22.6 Å². The largest absolute Gasteiger partial charge is 0.468 e. The number of hydrogen-bond donors (Lipinski definition) is 0. The summed E-state index contributed by atoms with van der Waals surface area (Å²) in [6.45, 7) is 0. The van der Waals surface area contributed by atoms with Crippen molar-refractivity contribution in [2.75, 3.05) is 7.11 Å². The Morgan fingerprint density at radius 1 is 0.966 bits per heavy atom. The summed E-state index contributed by atoms with van der Waals surface area (Å²) < 4.78 is 6.79. The number of benzene rings is 3. The van der Waals surface area contributed by atoms with E-state index in [9.17, 15) is 14.9 Å². The van der Waals surface area contributed by atoms with Gasteiger partial charge in [-0.3, -0.25) is 14.9 Å². The Kier molecular flexibility index (Phi) is 4.83. The van der Waals surface area contributed by atoms with Gasteiger partial charge in [0.2, 0.25) is 0 Å². The van der Waals surface area contributed by atoms with Gasteiger partial charge in [0.1, 0.15) is 11.6 Å². The third-order valence-corrected chi connectivity index (χ3v) is 4.96. The predicted octanol–water partition coefficient (Wildman–Crippen LogP) is 4.84. The van der Waals surface area contributed by atoms with Crippen LogP contribution in [0, 0.1) is 10.1 Å². The average molecular weight is 386 g/mol. The number of aromatic nitrogens is 1. The molecule has 0 saturated carbocycles. The van der Waals surface area contributed by atoms with Crippen molar-refractivity contribution in [1.82, 2.24) is 4.57 Å². The number of nitrogens with zero attached hydrogens (tertiary/aromatic N) is 2. The molecule has 6 nitrogen and oxygen atoms in total. The molecule has 4 aromatic rings. The second-order valence-corrected chi connectivity index (χ2v) is 6.62. The summed E-state index contributed by atoms with van der Waals surface area (Å²) in [5.74, 6) is -1.10. The van der Waals surface area contributed by atoms with Gasteiger partial charge in [0.15, 0.2) is 0 Å². The number of ether oxygens (including phenoxy) is 1. The Bertz CT molecular complexity index is 1200. The molecule has 0 aliphatic heterocycles. The van der Waals surface area contributed by atoms with Gasteiger partial charge in [-0.15, -0.1) is 0 Å². The number of hydrogen-bond acceptors (Lipinski definition) is 4. The Morgan fingerprint density at radius 3 is 2.41 bits per heavy atom. The van der Waals surface area contributed by atoms with Crippen molar-refractivity contribution in [1.29, 1.82) is 0 Å². The fourth-order valence-electron chi connectivity index (χ4n) is 3.59. The molecule has 0 bridgehead atoms. The molecule has 1 atom stereocenters. The summed E-state index contributed by atoms with van der Waals surface area (Å²) in [6.07, 6.45) is 1.80. The Labute approximate surface area is 167 Å². The maximum absolute atomic E-state index is 12.6. The fraction of sp³-hybridized carbons (Fsp3) is 0.0870. The molecular formula is C23H18N2O4. The molecule has 0 aliphatic carbocycles. The SMILES string of the molecule is COC(=O)[C@@H](c1ccccc1)c1ccc([N+](=O)[O-])c(-n2ccc3ccccc32)c1. The van der Waals surface area contributed by atoms with Crippen LogP contribution in [0.15, 0.2) is 85.1 Å². The van der Waals surface area contributed by atoms with Crippen molar-refractivity contribution in [3.8, 4) is 5.69 Å². The minimum absolute atomic E-state index is 0.0354. The predicted molar refractivity (Wildman–Crippen MR) is 110 cm³/mol. The first-order chi connectivity index (χ1) is 14.1. The number of rotatable bonds is 5. The van der Waals surface area contributed by atoms with Crippen molar-refractivity contribution in [3.63, 3.8) is 0 Å². The number of fused-ring (bicyclic) bond motifs is 1. The van der Waals surface area contributed by atoms with E-state index in [2.05, 4.69) is 0 Å². The van der Waals surface area contributed by atoms with E-state index in [1.807, 2.05) is 60.7 Å². The number of esters is 1. The molecule has 1 aromatic heterocycles. The molecule has 0 amide bonds. The van der Waals surface area contributed by atoms with E-state index in [0.29, 0.717) is 11.3 Å². The lowest BCUT2D eigenvalue weighted by atomic mass is 9.90. The van der Waals surface area contributed by atoms with Crippen LogP contribution in [-0.2, 0) is 9.53 Å². The highest BCUT2D eigenvalue weighted by Gasteiger charge is 2.26. The summed E-state index contributed by atoms with van der Waals surface area (Å²) in [7, 11) is 1.34. The van der Waals surface area contributed by atoms with Gasteiger partial charge in [0.05, 0.1) is 17.5 Å². The molecule has 0 spiro atoms. The van der Waals surface area contributed by atoms with E-state index in [-0.39, 0.29) is 5.69 Å². The van der Waals surface area contributed by atoms with Crippen LogP contribution in [0.2, 0.25) is 0 Å². The minimum atomic E-state index is -0.678. The molecular weight excluding hydrogens is 368 g/mol. The molecule has 0 unspecified atom stereocenters. The van der Waals surface area contributed by atoms with Crippen LogP contribution >= 0.6 is 0 Å². The van der Waals surface area contributed by atoms with Gasteiger partial charge in [0, 0.05) is 12.3 Å². The standard InChI is InChI=1S/C23H18N2O4/c1-29-23(26)22(17-8-3-2-4-9-17)18-11-12-20(25(27)28)21(15-18)24-14-13-16-7-5-6-10-19(16)24/h2-15,22H,1H3/t22-/m0/s1. The fourth-order valence-corrected chi connectivity index (χ4v) is 3.59. The lowest BCUT2D eigenvalue weighted by Gasteiger charge is -2.17. The molecule has 0 radical (unpaired) electrons. The van der Waals surface area contributed by atoms with Crippen molar-refractivity contribution in [2.45, 2.75) is 5.92 Å². The van der Waals surface area contributed by atoms with Crippen LogP contribution in [0.5, 0.6) is 0 Å². The van der Waals surface area contributed by atoms with Gasteiger partial charge in [-0.1, -0.05) is 54.6 Å². The molecule has 3 aromatic carbocycles. The van der Waals surface area contributed by atoms with Gasteiger partial charge >= 0.3 is 5.97 Å². The number of methoxy groups -OCH3 is 1. The van der Waals surface area contributed by atoms with Crippen molar-refractivity contribution in [2.24, 2.45) is 0 Å². The molecule has 4 rings (SSSR count). The zero-order valence-electron chi connectivity index (χ0n) is 15.7. The first kappa shape index (κ1) is 18.4. The smallest absolute Gasteiger partial charge is 0.317 e. The Balaban J connectivity index is 1.93. The van der Waals surface area contributed by atoms with E-state index >= 15 is 0 Å². The van der Waals surface area contributed by atoms with Gasteiger partial charge < -0.3 is 9.30 Å². The lowest BCUT2D eigenvalue weighted by molar-refractivity contribution is -0.384. The Morgan fingerprint density at radius 2 is 1.69 bits per heavy atom. The van der Waals surface area contributed by atoms with Crippen molar-refractivity contribution < 1.29 is 14.5 Å². The third-order valence-electron chi connectivity index (χ3n) is 4.96. The van der Waals surface area contributed by atoms with Gasteiger partial charge in [0.25, 0.3) is 5.69 Å². The normalized spacial score (nSPS) is 11.9. The third kappa shape index (κ3) is 3.36. The Hall–Kier alpha value is -3.93. The lowest BCUT2D eigenvalue weighted by Crippen LogP contribution is -2.16. The highest BCUT2D eigenvalue weighted by molar-refractivity contribution is 5.85. The van der Waals surface area contributed by atoms with Crippen LogP contribution < -0.4 is 0 Å². The molecule has 1 heterocycles. The molecule has 0 saturated heterocycles. The number of para-hydroxylation sites is 1. The highest BCUT2D eigenvalue weighted by atomic mass is 16.6. The van der Waals surface area contributed by atoms with E-state index in [0.717, 1.165) is 16.5 Å². The molecule has 0 fully saturated rings. The molecule has 0 aliphatic rings. The maximum atomic E-state index is 12.6. The van der Waals surface area contributed by atoms with Crippen LogP contribution in [0.1, 0.15) is 17.0 Å². The average Bonchev–Trinajstić information content (AvgIpc) is 3.18. The number of carbonyl (C=O) groups is 1. The first-order valence-electron chi connectivity index (χ1n) is 9.07. The van der Waals surface area contributed by atoms with E-state index < -0.39 is 16.8 Å². The summed E-state index contributed by atoms with van der Waals surface area (Å²) in [5.41, 5.74) is 2.60. The summed E-state index contributed by atoms with van der Waals surface area (Å²) in [6, 6.07) is 23.5. The second kappa shape index (κ2) is 7.59. The molecule has 144 valence electrons. The number of nitro groups is 1. The molecule has 0 N–H and O–H groups in total. The van der Waals surface area contributed by atoms with E-state index in [1.54, 1.807) is 22.9 Å². The number of carbonyl (C=O) groups excluding carboxylic acids is 1. The zero-order valence-corrected chi connectivity index (χ0v) is 15.7. The highest BCUT2D eigenvalue weighted by Crippen LogP contribution is 2.33. The summed E-state index contributed by atoms with van der Waals surface area (Å²) >= 11 is 0. The minimum Gasteiger partial charge on any atom is -0.468 e. The van der Waals surface area contributed by atoms with Gasteiger partial charge in [-0.05, 0) is 34.7 Å².